The summed E-state index contributed by atoms with van der Waals surface area (Å²) < 4.78 is 3.82. The average Bonchev–Trinajstić information content (AvgIpc) is 3.73. The van der Waals surface area contributed by atoms with Gasteiger partial charge in [0.15, 0.2) is 0 Å². The Morgan fingerprint density at radius 1 is 0.568 bits per heavy atom. The summed E-state index contributed by atoms with van der Waals surface area (Å²) in [5, 5.41) is 6.64. The van der Waals surface area contributed by atoms with Crippen LogP contribution in [0.2, 0.25) is 0 Å². The number of aromatic nitrogens is 1. The minimum Gasteiger partial charge on any atom is -0.309 e. The Balaban J connectivity index is 1.24. The number of thiophene rings is 1. The van der Waals surface area contributed by atoms with Crippen LogP contribution in [0.5, 0.6) is 0 Å². The van der Waals surface area contributed by atoms with E-state index < -0.39 is 0 Å². The van der Waals surface area contributed by atoms with E-state index in [2.05, 4.69) is 144 Å². The zero-order valence-electron chi connectivity index (χ0n) is 24.0. The number of fused-ring (bicyclic) bond motifs is 8. The minimum atomic E-state index is 1.10. The highest BCUT2D eigenvalue weighted by Gasteiger charge is 2.26. The first-order valence-corrected chi connectivity index (χ1v) is 16.2. The third-order valence-corrected chi connectivity index (χ3v) is 10.8. The molecule has 1 nitrogen and oxygen atoms in total. The van der Waals surface area contributed by atoms with Crippen molar-refractivity contribution in [2.45, 2.75) is 12.8 Å². The molecule has 0 bridgehead atoms. The van der Waals surface area contributed by atoms with Gasteiger partial charge in [-0.05, 0) is 93.9 Å². The van der Waals surface area contributed by atoms with Crippen LogP contribution in [0.3, 0.4) is 0 Å². The maximum Gasteiger partial charge on any atom is 0.0541 e. The van der Waals surface area contributed by atoms with Crippen molar-refractivity contribution in [2.24, 2.45) is 0 Å². The second kappa shape index (κ2) is 9.16. The molecule has 0 amide bonds. The summed E-state index contributed by atoms with van der Waals surface area (Å²) in [4.78, 5) is 1.40. The number of hydrogen-bond acceptors (Lipinski definition) is 1. The maximum absolute atomic E-state index is 2.47. The molecular formula is C42H27NS. The third kappa shape index (κ3) is 3.40. The Morgan fingerprint density at radius 3 is 2.14 bits per heavy atom. The fraction of sp³-hybridized carbons (Fsp3) is 0.0476. The van der Waals surface area contributed by atoms with Crippen molar-refractivity contribution in [1.29, 1.82) is 0 Å². The molecule has 0 spiro atoms. The van der Waals surface area contributed by atoms with Crippen LogP contribution in [0, 0.1) is 0 Å². The maximum atomic E-state index is 2.47. The van der Waals surface area contributed by atoms with Gasteiger partial charge in [0.25, 0.3) is 0 Å². The first-order chi connectivity index (χ1) is 21.8. The van der Waals surface area contributed by atoms with Crippen LogP contribution in [-0.4, -0.2) is 4.57 Å². The van der Waals surface area contributed by atoms with Crippen LogP contribution >= 0.6 is 11.3 Å². The molecule has 0 radical (unpaired) electrons. The third-order valence-electron chi connectivity index (χ3n) is 9.55. The predicted molar refractivity (Wildman–Crippen MR) is 190 cm³/mol. The van der Waals surface area contributed by atoms with E-state index in [0.717, 1.165) is 12.8 Å². The molecule has 2 aliphatic carbocycles. The Morgan fingerprint density at radius 2 is 1.34 bits per heavy atom. The molecule has 10 rings (SSSR count). The molecule has 6 aromatic carbocycles. The molecule has 0 fully saturated rings. The Kier molecular flexibility index (Phi) is 5.05. The Labute approximate surface area is 259 Å². The number of benzene rings is 6. The van der Waals surface area contributed by atoms with Crippen molar-refractivity contribution in [3.05, 3.63) is 145 Å². The molecule has 2 heterocycles. The number of rotatable bonds is 3. The summed E-state index contributed by atoms with van der Waals surface area (Å²) in [6, 6.07) is 45.3. The van der Waals surface area contributed by atoms with Crippen LogP contribution in [0.4, 0.5) is 0 Å². The Bertz CT molecular complexity index is 2530. The predicted octanol–water partition coefficient (Wildman–Crippen LogP) is 12.2. The monoisotopic (exact) mass is 577 g/mol. The largest absolute Gasteiger partial charge is 0.309 e. The van der Waals surface area contributed by atoms with E-state index in [1.165, 1.54) is 92.2 Å². The molecule has 0 unspecified atom stereocenters. The molecule has 0 saturated heterocycles. The highest BCUT2D eigenvalue weighted by Crippen LogP contribution is 2.54. The molecular weight excluding hydrogens is 551 g/mol. The summed E-state index contributed by atoms with van der Waals surface area (Å²) >= 11 is 1.92. The van der Waals surface area contributed by atoms with E-state index in [4.69, 9.17) is 0 Å². The van der Waals surface area contributed by atoms with Crippen LogP contribution < -0.4 is 0 Å². The lowest BCUT2D eigenvalue weighted by Gasteiger charge is -2.11. The highest BCUT2D eigenvalue weighted by atomic mass is 32.1. The quantitative estimate of drug-likeness (QED) is 0.197. The van der Waals surface area contributed by atoms with Gasteiger partial charge in [-0.15, -0.1) is 11.3 Å². The zero-order valence-corrected chi connectivity index (χ0v) is 24.9. The molecule has 2 aromatic heterocycles. The van der Waals surface area contributed by atoms with E-state index in [0.29, 0.717) is 0 Å². The van der Waals surface area contributed by atoms with E-state index in [9.17, 15) is 0 Å². The fourth-order valence-corrected chi connectivity index (χ4v) is 8.77. The first kappa shape index (κ1) is 24.3. The van der Waals surface area contributed by atoms with Crippen LogP contribution in [0.25, 0.3) is 86.6 Å². The highest BCUT2D eigenvalue weighted by molar-refractivity contribution is 7.23. The normalized spacial score (nSPS) is 13.8. The van der Waals surface area contributed by atoms with Gasteiger partial charge in [-0.2, -0.15) is 0 Å². The lowest BCUT2D eigenvalue weighted by Crippen LogP contribution is -1.94. The summed E-state index contributed by atoms with van der Waals surface area (Å²) in [5.41, 5.74) is 12.9. The molecule has 0 atom stereocenters. The lowest BCUT2D eigenvalue weighted by molar-refractivity contribution is 1.04. The standard InChI is InChI=1S/C42H27NS/c1-3-9-26(10-4-1)29-17-20-37-34(23-29)35-24-30(27-11-5-2-6-12-27)18-21-38(35)43(37)31-19-22-39-36(25-31)41-32-15-7-13-28-14-8-16-33(40(28)32)42(41)44-39/h1,3-5,7-25H,2,6H2. The fourth-order valence-electron chi connectivity index (χ4n) is 7.54. The Hall–Kier alpha value is -5.18. The summed E-state index contributed by atoms with van der Waals surface area (Å²) in [6.45, 7) is 0. The van der Waals surface area contributed by atoms with E-state index in [-0.39, 0.29) is 0 Å². The summed E-state index contributed by atoms with van der Waals surface area (Å²) in [7, 11) is 0. The lowest BCUT2D eigenvalue weighted by atomic mass is 9.97. The second-order valence-corrected chi connectivity index (χ2v) is 13.1. The molecule has 0 aliphatic heterocycles. The van der Waals surface area contributed by atoms with Crippen molar-refractivity contribution < 1.29 is 0 Å². The van der Waals surface area contributed by atoms with Crippen molar-refractivity contribution >= 4 is 59.6 Å². The number of allylic oxidation sites excluding steroid dienone is 4. The molecule has 206 valence electrons. The molecule has 44 heavy (non-hydrogen) atoms. The molecule has 0 saturated carbocycles. The summed E-state index contributed by atoms with van der Waals surface area (Å²) in [5.74, 6) is 0. The van der Waals surface area contributed by atoms with Gasteiger partial charge in [-0.25, -0.2) is 0 Å². The molecule has 8 aromatic rings. The average molecular weight is 578 g/mol. The first-order valence-electron chi connectivity index (χ1n) is 15.4. The van der Waals surface area contributed by atoms with Gasteiger partial charge in [0, 0.05) is 42.6 Å². The van der Waals surface area contributed by atoms with Crippen LogP contribution in [-0.2, 0) is 0 Å². The van der Waals surface area contributed by atoms with Gasteiger partial charge < -0.3 is 4.57 Å². The van der Waals surface area contributed by atoms with Crippen molar-refractivity contribution in [1.82, 2.24) is 4.57 Å². The van der Waals surface area contributed by atoms with Gasteiger partial charge in [0.05, 0.1) is 11.0 Å². The number of nitrogens with zero attached hydrogens (tertiary/aromatic N) is 1. The van der Waals surface area contributed by atoms with Gasteiger partial charge in [0.1, 0.15) is 0 Å². The molecule has 0 N–H and O–H groups in total. The van der Waals surface area contributed by atoms with Crippen LogP contribution in [0.1, 0.15) is 18.4 Å². The smallest absolute Gasteiger partial charge is 0.0541 e. The van der Waals surface area contributed by atoms with Crippen molar-refractivity contribution in [3.63, 3.8) is 0 Å². The van der Waals surface area contributed by atoms with Crippen molar-refractivity contribution in [3.8, 4) is 38.4 Å². The number of hydrogen-bond donors (Lipinski definition) is 0. The SMILES string of the molecule is C1=CC(c2ccc3c(c2)c2cc(-c4ccccc4)ccc2n3-c2ccc3sc4c(c3c2)-c2cccc3cccc-4c23)=CCC1. The van der Waals surface area contributed by atoms with Gasteiger partial charge in [-0.3, -0.25) is 0 Å². The van der Waals surface area contributed by atoms with E-state index >= 15 is 0 Å². The van der Waals surface area contributed by atoms with Gasteiger partial charge in [-0.1, -0.05) is 97.1 Å². The summed E-state index contributed by atoms with van der Waals surface area (Å²) in [6.07, 6.45) is 9.18. The topological polar surface area (TPSA) is 4.93 Å². The minimum absolute atomic E-state index is 1.10. The van der Waals surface area contributed by atoms with Gasteiger partial charge >= 0.3 is 0 Å². The van der Waals surface area contributed by atoms with Crippen molar-refractivity contribution in [2.75, 3.05) is 0 Å². The zero-order chi connectivity index (χ0) is 28.8. The van der Waals surface area contributed by atoms with E-state index in [1.54, 1.807) is 0 Å². The van der Waals surface area contributed by atoms with Gasteiger partial charge in [0.2, 0.25) is 0 Å². The second-order valence-electron chi connectivity index (χ2n) is 12.0. The van der Waals surface area contributed by atoms with E-state index in [1.807, 2.05) is 11.3 Å². The van der Waals surface area contributed by atoms with Crippen LogP contribution in [0.15, 0.2) is 140 Å². The molecule has 2 heteroatoms. The molecule has 2 aliphatic rings.